The molecule has 0 fully saturated rings. The zero-order valence-corrected chi connectivity index (χ0v) is 10.8. The second-order valence-corrected chi connectivity index (χ2v) is 4.95. The molecule has 0 aliphatic rings. The Labute approximate surface area is 114 Å². The Morgan fingerprint density at radius 3 is 2.70 bits per heavy atom. The number of aliphatic hydroxyl groups is 1. The third kappa shape index (κ3) is 1.89. The summed E-state index contributed by atoms with van der Waals surface area (Å²) in [6, 6.07) is 10.9. The van der Waals surface area contributed by atoms with E-state index in [0.29, 0.717) is 5.56 Å². The van der Waals surface area contributed by atoms with Crippen LogP contribution in [0.1, 0.15) is 18.1 Å². The molecule has 1 unspecified atom stereocenters. The minimum Gasteiger partial charge on any atom is -0.381 e. The molecule has 0 aliphatic heterocycles. The van der Waals surface area contributed by atoms with Crippen LogP contribution in [0, 0.1) is 11.6 Å². The minimum atomic E-state index is -1.60. The number of aromatic nitrogens is 1. The maximum atomic E-state index is 13.9. The highest BCUT2D eigenvalue weighted by Gasteiger charge is 2.30. The number of benzene rings is 2. The maximum Gasteiger partial charge on any atom is 0.165 e. The lowest BCUT2D eigenvalue weighted by atomic mass is 9.87. The molecule has 3 rings (SSSR count). The van der Waals surface area contributed by atoms with Crippen LogP contribution >= 0.6 is 0 Å². The number of fused-ring (bicyclic) bond motifs is 1. The molecule has 0 bridgehead atoms. The van der Waals surface area contributed by atoms with Crippen LogP contribution in [0.25, 0.3) is 10.9 Å². The lowest BCUT2D eigenvalue weighted by molar-refractivity contribution is 0.0971. The summed E-state index contributed by atoms with van der Waals surface area (Å²) >= 11 is 0. The highest BCUT2D eigenvalue weighted by molar-refractivity contribution is 5.80. The first-order valence-electron chi connectivity index (χ1n) is 6.24. The summed E-state index contributed by atoms with van der Waals surface area (Å²) in [6.45, 7) is 1.46. The van der Waals surface area contributed by atoms with Gasteiger partial charge in [0.1, 0.15) is 5.60 Å². The van der Waals surface area contributed by atoms with Gasteiger partial charge < -0.3 is 10.1 Å². The summed E-state index contributed by atoms with van der Waals surface area (Å²) in [5.74, 6) is -1.99. The number of nitrogens with one attached hydrogen (secondary N) is 1. The molecule has 0 spiro atoms. The topological polar surface area (TPSA) is 36.0 Å². The highest BCUT2D eigenvalue weighted by Crippen LogP contribution is 2.33. The van der Waals surface area contributed by atoms with Crippen molar-refractivity contribution in [2.75, 3.05) is 0 Å². The largest absolute Gasteiger partial charge is 0.381 e. The fourth-order valence-corrected chi connectivity index (χ4v) is 2.39. The van der Waals surface area contributed by atoms with E-state index in [4.69, 9.17) is 0 Å². The number of H-pyrrole nitrogens is 1. The predicted molar refractivity (Wildman–Crippen MR) is 73.3 cm³/mol. The summed E-state index contributed by atoms with van der Waals surface area (Å²) in [4.78, 5) is 3.04. The van der Waals surface area contributed by atoms with Crippen LogP contribution in [0.15, 0.2) is 48.7 Å². The van der Waals surface area contributed by atoms with E-state index in [0.717, 1.165) is 17.0 Å². The van der Waals surface area contributed by atoms with Crippen molar-refractivity contribution < 1.29 is 13.9 Å². The van der Waals surface area contributed by atoms with Crippen LogP contribution in [0.5, 0.6) is 0 Å². The van der Waals surface area contributed by atoms with Crippen molar-refractivity contribution in [2.45, 2.75) is 12.5 Å². The van der Waals surface area contributed by atoms with E-state index in [1.165, 1.54) is 19.1 Å². The van der Waals surface area contributed by atoms with Crippen molar-refractivity contribution >= 4 is 10.9 Å². The fourth-order valence-electron chi connectivity index (χ4n) is 2.39. The van der Waals surface area contributed by atoms with Crippen molar-refractivity contribution in [2.24, 2.45) is 0 Å². The lowest BCUT2D eigenvalue weighted by Crippen LogP contribution is -2.24. The Balaban J connectivity index is 2.17. The van der Waals surface area contributed by atoms with Crippen LogP contribution < -0.4 is 0 Å². The van der Waals surface area contributed by atoms with Gasteiger partial charge in [-0.25, -0.2) is 8.78 Å². The van der Waals surface area contributed by atoms with Crippen molar-refractivity contribution in [3.8, 4) is 0 Å². The first-order chi connectivity index (χ1) is 9.50. The van der Waals surface area contributed by atoms with Gasteiger partial charge in [0.15, 0.2) is 11.6 Å². The van der Waals surface area contributed by atoms with Gasteiger partial charge in [0.05, 0.1) is 0 Å². The first-order valence-corrected chi connectivity index (χ1v) is 6.24. The standard InChI is InChI=1S/C16H13F2NO/c1-16(20,12-3-2-4-13(17)15(12)18)11-5-6-14-10(9-11)7-8-19-14/h2-9,19-20H,1H3. The van der Waals surface area contributed by atoms with Gasteiger partial charge in [-0.2, -0.15) is 0 Å². The maximum absolute atomic E-state index is 13.9. The average molecular weight is 273 g/mol. The third-order valence-electron chi connectivity index (χ3n) is 3.59. The molecule has 1 atom stereocenters. The molecular formula is C16H13F2NO. The Bertz CT molecular complexity index is 777. The predicted octanol–water partition coefficient (Wildman–Crippen LogP) is 3.70. The molecule has 3 aromatic rings. The monoisotopic (exact) mass is 273 g/mol. The van der Waals surface area contributed by atoms with E-state index in [1.807, 2.05) is 6.07 Å². The first kappa shape index (κ1) is 12.8. The van der Waals surface area contributed by atoms with E-state index in [9.17, 15) is 13.9 Å². The van der Waals surface area contributed by atoms with Crippen LogP contribution in [0.2, 0.25) is 0 Å². The van der Waals surface area contributed by atoms with Gasteiger partial charge in [0.25, 0.3) is 0 Å². The molecular weight excluding hydrogens is 260 g/mol. The van der Waals surface area contributed by atoms with E-state index in [-0.39, 0.29) is 5.56 Å². The minimum absolute atomic E-state index is 0.0765. The number of rotatable bonds is 2. The van der Waals surface area contributed by atoms with E-state index in [2.05, 4.69) is 4.98 Å². The lowest BCUT2D eigenvalue weighted by Gasteiger charge is -2.25. The number of halogens is 2. The molecule has 1 heterocycles. The molecule has 20 heavy (non-hydrogen) atoms. The Morgan fingerprint density at radius 1 is 1.10 bits per heavy atom. The van der Waals surface area contributed by atoms with Gasteiger partial charge in [-0.1, -0.05) is 18.2 Å². The van der Waals surface area contributed by atoms with Crippen molar-refractivity contribution in [1.82, 2.24) is 4.98 Å². The summed E-state index contributed by atoms with van der Waals surface area (Å²) in [7, 11) is 0. The Morgan fingerprint density at radius 2 is 1.90 bits per heavy atom. The Hall–Kier alpha value is -2.20. The SMILES string of the molecule is CC(O)(c1ccc2[nH]ccc2c1)c1cccc(F)c1F. The van der Waals surface area contributed by atoms with Gasteiger partial charge in [-0.05, 0) is 42.1 Å². The van der Waals surface area contributed by atoms with Crippen LogP contribution in [0.4, 0.5) is 8.78 Å². The zero-order valence-electron chi connectivity index (χ0n) is 10.8. The van der Waals surface area contributed by atoms with Gasteiger partial charge in [-0.15, -0.1) is 0 Å². The number of hydrogen-bond donors (Lipinski definition) is 2. The molecule has 2 N–H and O–H groups in total. The van der Waals surface area contributed by atoms with Crippen LogP contribution in [-0.4, -0.2) is 10.1 Å². The quantitative estimate of drug-likeness (QED) is 0.733. The molecule has 0 saturated heterocycles. The van der Waals surface area contributed by atoms with Crippen molar-refractivity contribution in [3.63, 3.8) is 0 Å². The summed E-state index contributed by atoms with van der Waals surface area (Å²) in [6.07, 6.45) is 1.78. The fraction of sp³-hybridized carbons (Fsp3) is 0.125. The van der Waals surface area contributed by atoms with Gasteiger partial charge in [0, 0.05) is 17.3 Å². The van der Waals surface area contributed by atoms with E-state index >= 15 is 0 Å². The average Bonchev–Trinajstić information content (AvgIpc) is 2.89. The second-order valence-electron chi connectivity index (χ2n) is 4.95. The normalized spacial score (nSPS) is 14.4. The summed E-state index contributed by atoms with van der Waals surface area (Å²) in [5.41, 5.74) is -0.247. The van der Waals surface area contributed by atoms with Gasteiger partial charge in [0.2, 0.25) is 0 Å². The highest BCUT2D eigenvalue weighted by atomic mass is 19.2. The van der Waals surface area contributed by atoms with Gasteiger partial charge >= 0.3 is 0 Å². The third-order valence-corrected chi connectivity index (χ3v) is 3.59. The zero-order chi connectivity index (χ0) is 14.3. The molecule has 1 aromatic heterocycles. The molecule has 0 radical (unpaired) electrons. The van der Waals surface area contributed by atoms with Gasteiger partial charge in [-0.3, -0.25) is 0 Å². The second kappa shape index (κ2) is 4.42. The number of aromatic amines is 1. The Kier molecular flexibility index (Phi) is 2.83. The smallest absolute Gasteiger partial charge is 0.165 e. The van der Waals surface area contributed by atoms with Crippen LogP contribution in [-0.2, 0) is 5.60 Å². The molecule has 4 heteroatoms. The van der Waals surface area contributed by atoms with Crippen molar-refractivity contribution in [3.05, 3.63) is 71.4 Å². The molecule has 0 aliphatic carbocycles. The van der Waals surface area contributed by atoms with Crippen LogP contribution in [0.3, 0.4) is 0 Å². The molecule has 0 saturated carbocycles. The van der Waals surface area contributed by atoms with E-state index in [1.54, 1.807) is 24.4 Å². The van der Waals surface area contributed by atoms with Crippen molar-refractivity contribution in [1.29, 1.82) is 0 Å². The molecule has 0 amide bonds. The summed E-state index contributed by atoms with van der Waals surface area (Å²) in [5, 5.41) is 11.5. The molecule has 2 nitrogen and oxygen atoms in total. The molecule has 102 valence electrons. The number of hydrogen-bond acceptors (Lipinski definition) is 1. The van der Waals surface area contributed by atoms with E-state index < -0.39 is 17.2 Å². The molecule has 2 aromatic carbocycles. The summed E-state index contributed by atoms with van der Waals surface area (Å²) < 4.78 is 27.2.